The lowest BCUT2D eigenvalue weighted by atomic mass is 9.83. The number of phenolic OH excluding ortho intramolecular Hbond substituents is 1. The lowest BCUT2D eigenvalue weighted by Gasteiger charge is -2.44. The maximum absolute atomic E-state index is 15.9. The molecule has 0 bridgehead atoms. The molecular weight excluding hydrogens is 630 g/mol. The zero-order chi connectivity index (χ0) is 34.3. The van der Waals surface area contributed by atoms with Crippen LogP contribution in [0, 0.1) is 0 Å². The molecule has 1 amide bonds. The fraction of sp³-hybridized carbons (Fsp3) is 0.444. The van der Waals surface area contributed by atoms with E-state index in [2.05, 4.69) is 20.6 Å². The van der Waals surface area contributed by atoms with Crippen LogP contribution in [0.4, 0.5) is 20.3 Å². The number of nitrogens with two attached hydrogens (primary N) is 1. The number of amides is 1. The summed E-state index contributed by atoms with van der Waals surface area (Å²) in [4.78, 5) is 15.5. The molecule has 2 aromatic carbocycles. The second-order valence-corrected chi connectivity index (χ2v) is 13.6. The highest BCUT2D eigenvalue weighted by atomic mass is 19.3. The molecule has 1 saturated carbocycles. The van der Waals surface area contributed by atoms with Gasteiger partial charge in [-0.05, 0) is 81.0 Å². The zero-order valence-electron chi connectivity index (χ0n) is 27.4. The number of likely N-dealkylation sites (tertiary alicyclic amines) is 1. The monoisotopic (exact) mass is 672 g/mol. The lowest BCUT2D eigenvalue weighted by molar-refractivity contribution is -0.127. The minimum atomic E-state index is -2.89. The summed E-state index contributed by atoms with van der Waals surface area (Å²) < 4.78 is 33.7. The normalized spacial score (nSPS) is 25.9. The number of aliphatic hydroxyl groups is 1. The number of likely N-dealkylation sites (N-methyl/N-ethyl adjacent to an activating group) is 1. The molecule has 2 aliphatic heterocycles. The second-order valence-electron chi connectivity index (χ2n) is 13.6. The van der Waals surface area contributed by atoms with E-state index in [1.54, 1.807) is 42.6 Å². The van der Waals surface area contributed by atoms with Crippen molar-refractivity contribution in [2.24, 2.45) is 0 Å². The van der Waals surface area contributed by atoms with Gasteiger partial charge in [0.15, 0.2) is 5.82 Å². The number of phenols is 1. The van der Waals surface area contributed by atoms with Crippen molar-refractivity contribution in [1.82, 2.24) is 30.2 Å². The van der Waals surface area contributed by atoms with Crippen LogP contribution in [0.15, 0.2) is 67.0 Å². The van der Waals surface area contributed by atoms with Crippen LogP contribution in [-0.2, 0) is 4.79 Å². The zero-order valence-corrected chi connectivity index (χ0v) is 27.4. The molecule has 7 rings (SSSR count). The Kier molecular flexibility index (Phi) is 8.97. The Bertz CT molecular complexity index is 1810. The number of aliphatic hydroxyl groups excluding tert-OH is 1. The quantitative estimate of drug-likeness (QED) is 0.215. The second kappa shape index (κ2) is 13.4. The summed E-state index contributed by atoms with van der Waals surface area (Å²) in [5, 5.41) is 36.2. The van der Waals surface area contributed by atoms with Crippen molar-refractivity contribution in [2.45, 2.75) is 81.1 Å². The van der Waals surface area contributed by atoms with E-state index < -0.39 is 18.1 Å². The standard InChI is InChI=1S/C36H42F2N8O3/c1-44(31-13-14-33(48)41-35(31)49)26-6-4-5-22(17-26)29-15-16-45(21-36(29,37)38)24-9-11-25(12-10-24)46-20-23(19-40-46)28-18-30(42-43-34(28)39)27-7-2-3-8-32(27)47/h2-8,17-20,24-25,29,31,35,47,49H,9-16,21H2,1H3,(H2,39,43)(H,41,48)/t24-,25-,29-,31+,35?/m1/s1. The first-order chi connectivity index (χ1) is 23.6. The number of piperidine rings is 2. The summed E-state index contributed by atoms with van der Waals surface area (Å²) in [5.74, 6) is -3.60. The number of alkyl halides is 2. The third kappa shape index (κ3) is 6.69. The molecule has 3 atom stereocenters. The van der Waals surface area contributed by atoms with Gasteiger partial charge < -0.3 is 26.2 Å². The van der Waals surface area contributed by atoms with Crippen LogP contribution in [0.5, 0.6) is 5.75 Å². The summed E-state index contributed by atoms with van der Waals surface area (Å²) in [6.07, 6.45) is 7.11. The van der Waals surface area contributed by atoms with Gasteiger partial charge in [0.2, 0.25) is 5.91 Å². The summed E-state index contributed by atoms with van der Waals surface area (Å²) in [6, 6.07) is 15.9. The number of benzene rings is 2. The molecule has 258 valence electrons. The molecule has 0 radical (unpaired) electrons. The van der Waals surface area contributed by atoms with E-state index in [1.807, 2.05) is 45.9 Å². The van der Waals surface area contributed by atoms with Crippen LogP contribution in [0.25, 0.3) is 22.4 Å². The van der Waals surface area contributed by atoms with Crippen LogP contribution in [0.1, 0.15) is 62.5 Å². The Morgan fingerprint density at radius 3 is 2.51 bits per heavy atom. The van der Waals surface area contributed by atoms with Gasteiger partial charge in [-0.2, -0.15) is 5.10 Å². The van der Waals surface area contributed by atoms with Gasteiger partial charge in [0.1, 0.15) is 12.0 Å². The Morgan fingerprint density at radius 2 is 1.76 bits per heavy atom. The number of halogens is 2. The predicted octanol–water partition coefficient (Wildman–Crippen LogP) is 4.94. The number of hydrogen-bond donors (Lipinski definition) is 4. The lowest BCUT2D eigenvalue weighted by Crippen LogP contribution is -2.54. The number of nitrogen functional groups attached to an aromatic ring is 1. The molecule has 13 heteroatoms. The fourth-order valence-electron chi connectivity index (χ4n) is 7.84. The third-order valence-corrected chi connectivity index (χ3v) is 10.6. The maximum atomic E-state index is 15.9. The van der Waals surface area contributed by atoms with Crippen molar-refractivity contribution in [2.75, 3.05) is 30.8 Å². The number of aromatic hydroxyl groups is 1. The highest BCUT2D eigenvalue weighted by Gasteiger charge is 2.47. The Balaban J connectivity index is 0.973. The average Bonchev–Trinajstić information content (AvgIpc) is 3.58. The number of aromatic nitrogens is 4. The molecule has 3 fully saturated rings. The molecule has 4 heterocycles. The fourth-order valence-corrected chi connectivity index (χ4v) is 7.84. The van der Waals surface area contributed by atoms with E-state index in [4.69, 9.17) is 5.73 Å². The van der Waals surface area contributed by atoms with Gasteiger partial charge in [-0.3, -0.25) is 14.4 Å². The molecule has 1 aliphatic carbocycles. The van der Waals surface area contributed by atoms with Crippen LogP contribution in [0.2, 0.25) is 0 Å². The van der Waals surface area contributed by atoms with Crippen LogP contribution < -0.4 is 16.0 Å². The first kappa shape index (κ1) is 32.9. The van der Waals surface area contributed by atoms with Crippen LogP contribution in [-0.4, -0.2) is 85.4 Å². The Labute approximate surface area is 283 Å². The van der Waals surface area contributed by atoms with E-state index in [9.17, 15) is 15.0 Å². The SMILES string of the molecule is CN(c1cccc([C@H]2CCN([C@H]3CC[C@H](n4cc(-c5cc(-c6ccccc6O)nnc5N)cn4)CC3)CC2(F)F)c1)[C@H]1CCC(=O)NC1O. The number of rotatable bonds is 7. The van der Waals surface area contributed by atoms with Gasteiger partial charge in [0.25, 0.3) is 5.92 Å². The Morgan fingerprint density at radius 1 is 0.980 bits per heavy atom. The van der Waals surface area contributed by atoms with Gasteiger partial charge in [0.05, 0.1) is 36.4 Å². The highest BCUT2D eigenvalue weighted by molar-refractivity contribution is 5.78. The van der Waals surface area contributed by atoms with Crippen molar-refractivity contribution in [3.8, 4) is 28.1 Å². The molecule has 1 unspecified atom stereocenters. The Hall–Kier alpha value is -4.62. The van der Waals surface area contributed by atoms with E-state index in [-0.39, 0.29) is 42.1 Å². The number of carbonyl (C=O) groups is 1. The molecule has 11 nitrogen and oxygen atoms in total. The smallest absolute Gasteiger partial charge is 0.267 e. The van der Waals surface area contributed by atoms with Crippen molar-refractivity contribution >= 4 is 17.4 Å². The summed E-state index contributed by atoms with van der Waals surface area (Å²) in [5.41, 5.74) is 10.1. The third-order valence-electron chi connectivity index (χ3n) is 10.6. The van der Waals surface area contributed by atoms with Crippen molar-refractivity contribution < 1.29 is 23.8 Å². The number of hydrogen-bond acceptors (Lipinski definition) is 9. The maximum Gasteiger partial charge on any atom is 0.267 e. The molecule has 3 aliphatic rings. The number of nitrogens with one attached hydrogen (secondary N) is 1. The van der Waals surface area contributed by atoms with Crippen molar-refractivity contribution in [3.05, 3.63) is 72.6 Å². The van der Waals surface area contributed by atoms with Crippen LogP contribution >= 0.6 is 0 Å². The van der Waals surface area contributed by atoms with Gasteiger partial charge in [-0.25, -0.2) is 8.78 Å². The van der Waals surface area contributed by atoms with E-state index >= 15 is 8.78 Å². The molecule has 4 aromatic rings. The molecular formula is C36H42F2N8O3. The number of anilines is 2. The largest absolute Gasteiger partial charge is 0.507 e. The van der Waals surface area contributed by atoms with Gasteiger partial charge in [-0.15, -0.1) is 10.2 Å². The van der Waals surface area contributed by atoms with Gasteiger partial charge in [0, 0.05) is 48.1 Å². The number of nitrogens with zero attached hydrogens (tertiary/aromatic N) is 6. The first-order valence-electron chi connectivity index (χ1n) is 17.0. The molecule has 2 saturated heterocycles. The highest BCUT2D eigenvalue weighted by Crippen LogP contribution is 2.44. The van der Waals surface area contributed by atoms with Crippen molar-refractivity contribution in [1.29, 1.82) is 0 Å². The van der Waals surface area contributed by atoms with Gasteiger partial charge >= 0.3 is 0 Å². The van der Waals surface area contributed by atoms with E-state index in [0.29, 0.717) is 48.2 Å². The van der Waals surface area contributed by atoms with E-state index in [1.165, 1.54) is 0 Å². The van der Waals surface area contributed by atoms with Crippen molar-refractivity contribution in [3.63, 3.8) is 0 Å². The molecule has 5 N–H and O–H groups in total. The van der Waals surface area contributed by atoms with E-state index in [0.717, 1.165) is 36.9 Å². The van der Waals surface area contributed by atoms with Crippen LogP contribution in [0.3, 0.4) is 0 Å². The van der Waals surface area contributed by atoms with Gasteiger partial charge in [-0.1, -0.05) is 24.3 Å². The molecule has 0 spiro atoms. The summed E-state index contributed by atoms with van der Waals surface area (Å²) >= 11 is 0. The predicted molar refractivity (Wildman–Crippen MR) is 182 cm³/mol. The molecule has 2 aromatic heterocycles. The minimum absolute atomic E-state index is 0.0831. The molecule has 49 heavy (non-hydrogen) atoms. The summed E-state index contributed by atoms with van der Waals surface area (Å²) in [7, 11) is 1.83. The topological polar surface area (TPSA) is 146 Å². The number of carbonyl (C=O) groups excluding carboxylic acids is 1. The average molecular weight is 673 g/mol. The number of para-hydroxylation sites is 1. The summed E-state index contributed by atoms with van der Waals surface area (Å²) in [6.45, 7) is 0.322. The minimum Gasteiger partial charge on any atom is -0.507 e. The first-order valence-corrected chi connectivity index (χ1v) is 17.0.